The zero-order chi connectivity index (χ0) is 9.84. The molecule has 0 radical (unpaired) electrons. The average molecular weight is 179 g/mol. The van der Waals surface area contributed by atoms with Gasteiger partial charge in [-0.15, -0.1) is 0 Å². The van der Waals surface area contributed by atoms with Gasteiger partial charge < -0.3 is 15.4 Å². The highest BCUT2D eigenvalue weighted by atomic mass is 16.5. The van der Waals surface area contributed by atoms with Crippen molar-refractivity contribution in [1.82, 2.24) is 0 Å². The van der Waals surface area contributed by atoms with Gasteiger partial charge in [-0.2, -0.15) is 0 Å². The second kappa shape index (κ2) is 4.07. The fourth-order valence-corrected chi connectivity index (χ4v) is 0.982. The molecule has 0 spiro atoms. The first-order valence-electron chi connectivity index (χ1n) is 3.75. The number of hydrogen-bond acceptors (Lipinski definition) is 3. The molecule has 0 fully saturated rings. The van der Waals surface area contributed by atoms with Crippen LogP contribution in [0.4, 0.5) is 0 Å². The van der Waals surface area contributed by atoms with Gasteiger partial charge in [-0.3, -0.25) is 4.79 Å². The van der Waals surface area contributed by atoms with Gasteiger partial charge in [0.2, 0.25) is 5.91 Å². The van der Waals surface area contributed by atoms with E-state index in [0.717, 1.165) is 0 Å². The van der Waals surface area contributed by atoms with Gasteiger partial charge in [0.05, 0.1) is 0 Å². The third kappa shape index (κ3) is 2.30. The molecule has 0 saturated carbocycles. The lowest BCUT2D eigenvalue weighted by molar-refractivity contribution is 0.100. The average Bonchev–Trinajstić information content (AvgIpc) is 2.17. The van der Waals surface area contributed by atoms with E-state index in [2.05, 4.69) is 4.65 Å². The maximum Gasteiger partial charge on any atom is 0.490 e. The van der Waals surface area contributed by atoms with Crippen molar-refractivity contribution in [1.29, 1.82) is 0 Å². The zero-order valence-electron chi connectivity index (χ0n) is 7.23. The van der Waals surface area contributed by atoms with Crippen LogP contribution in [0.2, 0.25) is 0 Å². The van der Waals surface area contributed by atoms with E-state index < -0.39 is 13.0 Å². The van der Waals surface area contributed by atoms with Crippen LogP contribution in [-0.4, -0.2) is 25.2 Å². The van der Waals surface area contributed by atoms with Crippen LogP contribution >= 0.6 is 0 Å². The van der Waals surface area contributed by atoms with Crippen molar-refractivity contribution in [2.45, 2.75) is 0 Å². The molecule has 0 aliphatic heterocycles. The molecule has 0 aliphatic carbocycles. The molecule has 1 aromatic carbocycles. The topological polar surface area (TPSA) is 72.6 Å². The highest BCUT2D eigenvalue weighted by Crippen LogP contribution is 1.96. The lowest BCUT2D eigenvalue weighted by Crippen LogP contribution is -2.33. The summed E-state index contributed by atoms with van der Waals surface area (Å²) < 4.78 is 4.67. The lowest BCUT2D eigenvalue weighted by atomic mass is 9.79. The van der Waals surface area contributed by atoms with Gasteiger partial charge in [-0.25, -0.2) is 0 Å². The van der Waals surface area contributed by atoms with E-state index in [4.69, 9.17) is 5.73 Å². The van der Waals surface area contributed by atoms with Crippen LogP contribution in [0.1, 0.15) is 10.4 Å². The molecule has 0 aromatic heterocycles. The van der Waals surface area contributed by atoms with Crippen molar-refractivity contribution in [3.63, 3.8) is 0 Å². The lowest BCUT2D eigenvalue weighted by Gasteiger charge is -2.04. The number of benzene rings is 1. The van der Waals surface area contributed by atoms with Crippen molar-refractivity contribution >= 4 is 18.5 Å². The molecule has 1 aromatic rings. The van der Waals surface area contributed by atoms with Crippen LogP contribution in [0.5, 0.6) is 0 Å². The quantitative estimate of drug-likeness (QED) is 0.591. The Morgan fingerprint density at radius 1 is 1.62 bits per heavy atom. The first-order chi connectivity index (χ1) is 6.15. The third-order valence-electron chi connectivity index (χ3n) is 1.68. The molecule has 0 bridgehead atoms. The van der Waals surface area contributed by atoms with Gasteiger partial charge in [0.15, 0.2) is 0 Å². The Morgan fingerprint density at radius 3 is 2.85 bits per heavy atom. The van der Waals surface area contributed by atoms with Gasteiger partial charge in [0.25, 0.3) is 0 Å². The molecule has 13 heavy (non-hydrogen) atoms. The Balaban J connectivity index is 2.98. The number of nitrogens with two attached hydrogens (primary N) is 1. The molecule has 0 saturated heterocycles. The molecule has 1 rings (SSSR count). The molecule has 5 heteroatoms. The minimum absolute atomic E-state index is 0.355. The number of hydrogen-bond donors (Lipinski definition) is 2. The Hall–Kier alpha value is -1.33. The number of primary amides is 1. The summed E-state index contributed by atoms with van der Waals surface area (Å²) in [5.74, 6) is -0.523. The number of amides is 1. The largest absolute Gasteiger partial charge is 0.490 e. The fourth-order valence-electron chi connectivity index (χ4n) is 0.982. The molecule has 1 amide bonds. The van der Waals surface area contributed by atoms with Gasteiger partial charge in [-0.1, -0.05) is 12.1 Å². The smallest absolute Gasteiger partial charge is 0.423 e. The number of carbonyl (C=O) groups is 1. The molecular weight excluding hydrogens is 169 g/mol. The van der Waals surface area contributed by atoms with Crippen molar-refractivity contribution in [3.05, 3.63) is 29.8 Å². The number of carbonyl (C=O) groups excluding carboxylic acids is 1. The summed E-state index contributed by atoms with van der Waals surface area (Å²) in [5, 5.41) is 9.26. The highest BCUT2D eigenvalue weighted by molar-refractivity contribution is 6.60. The Labute approximate surface area is 76.5 Å². The first-order valence-corrected chi connectivity index (χ1v) is 3.75. The summed E-state index contributed by atoms with van der Waals surface area (Å²) in [7, 11) is 0.362. The summed E-state index contributed by atoms with van der Waals surface area (Å²) in [6, 6.07) is 6.36. The second-order valence-corrected chi connectivity index (χ2v) is 2.58. The van der Waals surface area contributed by atoms with Gasteiger partial charge in [0, 0.05) is 12.7 Å². The zero-order valence-corrected chi connectivity index (χ0v) is 7.23. The van der Waals surface area contributed by atoms with Crippen LogP contribution in [0.3, 0.4) is 0 Å². The second-order valence-electron chi connectivity index (χ2n) is 2.58. The van der Waals surface area contributed by atoms with E-state index in [-0.39, 0.29) is 0 Å². The summed E-state index contributed by atoms with van der Waals surface area (Å²) in [6.45, 7) is 0. The van der Waals surface area contributed by atoms with E-state index in [1.165, 1.54) is 13.2 Å². The van der Waals surface area contributed by atoms with Gasteiger partial charge in [-0.05, 0) is 17.6 Å². The monoisotopic (exact) mass is 179 g/mol. The van der Waals surface area contributed by atoms with E-state index in [0.29, 0.717) is 11.0 Å². The van der Waals surface area contributed by atoms with Crippen molar-refractivity contribution in [2.24, 2.45) is 5.73 Å². The molecule has 4 nitrogen and oxygen atoms in total. The van der Waals surface area contributed by atoms with Crippen LogP contribution in [0, 0.1) is 0 Å². The summed E-state index contributed by atoms with van der Waals surface area (Å²) >= 11 is 0. The van der Waals surface area contributed by atoms with Crippen molar-refractivity contribution in [2.75, 3.05) is 7.11 Å². The highest BCUT2D eigenvalue weighted by Gasteiger charge is 2.14. The minimum atomic E-state index is -1.01. The van der Waals surface area contributed by atoms with E-state index in [9.17, 15) is 9.82 Å². The maximum atomic E-state index is 10.8. The Morgan fingerprint density at radius 2 is 2.31 bits per heavy atom. The van der Waals surface area contributed by atoms with Gasteiger partial charge in [0.1, 0.15) is 0 Å². The van der Waals surface area contributed by atoms with E-state index in [1.807, 2.05) is 0 Å². The normalized spacial score (nSPS) is 9.69. The standard InChI is InChI=1S/C8H10BNO3/c1-13-9(12)7-4-2-3-6(5-7)8(10)11/h2-5,12H,1H3,(H2,10,11). The molecule has 68 valence electrons. The first kappa shape index (κ1) is 9.76. The van der Waals surface area contributed by atoms with Crippen LogP contribution < -0.4 is 11.2 Å². The fraction of sp³-hybridized carbons (Fsp3) is 0.125. The van der Waals surface area contributed by atoms with Crippen LogP contribution in [0.25, 0.3) is 0 Å². The molecule has 3 N–H and O–H groups in total. The predicted molar refractivity (Wildman–Crippen MR) is 49.6 cm³/mol. The molecular formula is C8H10BNO3. The molecule has 0 unspecified atom stereocenters. The molecule has 0 heterocycles. The Bertz CT molecular complexity index is 316. The Kier molecular flexibility index (Phi) is 3.05. The predicted octanol–water partition coefficient (Wildman–Crippen LogP) is -0.881. The molecule has 0 aliphatic rings. The van der Waals surface area contributed by atoms with Gasteiger partial charge >= 0.3 is 7.12 Å². The summed E-state index contributed by atoms with van der Waals surface area (Å²) in [5.41, 5.74) is 5.93. The van der Waals surface area contributed by atoms with Crippen LogP contribution in [0.15, 0.2) is 24.3 Å². The minimum Gasteiger partial charge on any atom is -0.423 e. The van der Waals surface area contributed by atoms with Crippen molar-refractivity contribution < 1.29 is 14.5 Å². The summed E-state index contributed by atoms with van der Waals surface area (Å²) in [6.07, 6.45) is 0. The van der Waals surface area contributed by atoms with Crippen molar-refractivity contribution in [3.8, 4) is 0 Å². The summed E-state index contributed by atoms with van der Waals surface area (Å²) in [4.78, 5) is 10.8. The molecule has 0 atom stereocenters. The third-order valence-corrected chi connectivity index (χ3v) is 1.68. The number of rotatable bonds is 3. The SMILES string of the molecule is COB(O)c1cccc(C(N)=O)c1. The van der Waals surface area contributed by atoms with E-state index in [1.54, 1.807) is 18.2 Å². The van der Waals surface area contributed by atoms with E-state index >= 15 is 0 Å². The van der Waals surface area contributed by atoms with Crippen LogP contribution in [-0.2, 0) is 4.65 Å². The maximum absolute atomic E-state index is 10.8.